The number of hydrogen-bond donors (Lipinski definition) is 0. The van der Waals surface area contributed by atoms with Gasteiger partial charge in [-0.2, -0.15) is 0 Å². The number of ketones is 2. The number of ether oxygens (including phenoxy) is 13. The summed E-state index contributed by atoms with van der Waals surface area (Å²) in [4.78, 5) is 29.3. The molecule has 548 valence electrons. The Hall–Kier alpha value is -4.80. The van der Waals surface area contributed by atoms with Crippen molar-refractivity contribution in [2.75, 3.05) is 184 Å². The van der Waals surface area contributed by atoms with Crippen molar-refractivity contribution < 1.29 is 88.0 Å². The summed E-state index contributed by atoms with van der Waals surface area (Å²) in [5, 5.41) is 0. The van der Waals surface area contributed by atoms with Crippen LogP contribution in [0.5, 0.6) is 11.5 Å². The van der Waals surface area contributed by atoms with Gasteiger partial charge in [-0.3, -0.25) is 19.4 Å². The van der Waals surface area contributed by atoms with Crippen molar-refractivity contribution in [3.63, 3.8) is 0 Å². The summed E-state index contributed by atoms with van der Waals surface area (Å²) in [6.45, 7) is 16.0. The first-order valence-corrected chi connectivity index (χ1v) is 39.2. The molecule has 2 aliphatic heterocycles. The Morgan fingerprint density at radius 3 is 1.07 bits per heavy atom. The Morgan fingerprint density at radius 2 is 0.704 bits per heavy atom. The van der Waals surface area contributed by atoms with Crippen molar-refractivity contribution >= 4 is 31.2 Å². The predicted octanol–water partition coefficient (Wildman–Crippen LogP) is 10.1. The molecule has 4 aromatic carbocycles. The maximum Gasteiger partial charge on any atom is 0.178 e. The Morgan fingerprint density at radius 1 is 0.378 bits per heavy atom. The van der Waals surface area contributed by atoms with Crippen LogP contribution < -0.4 is 9.47 Å². The van der Waals surface area contributed by atoms with Crippen LogP contribution in [-0.4, -0.2) is 234 Å². The Kier molecular flexibility index (Phi) is 38.9. The van der Waals surface area contributed by atoms with Gasteiger partial charge in [0.25, 0.3) is 0 Å². The van der Waals surface area contributed by atoms with Crippen molar-refractivity contribution in [3.8, 4) is 11.5 Å². The number of nitrogens with zero attached hydrogens (tertiary/aromatic N) is 2. The maximum absolute atomic E-state index is 13.0. The van der Waals surface area contributed by atoms with Crippen molar-refractivity contribution in [1.29, 1.82) is 0 Å². The Balaban J connectivity index is 0.000000282. The van der Waals surface area contributed by atoms with Crippen LogP contribution in [0, 0.1) is 0 Å². The van der Waals surface area contributed by atoms with E-state index >= 15 is 0 Å². The third-order valence-electron chi connectivity index (χ3n) is 17.7. The topological polar surface area (TPSA) is 229 Å². The van der Waals surface area contributed by atoms with Gasteiger partial charge >= 0.3 is 0 Å². The van der Waals surface area contributed by atoms with Crippen molar-refractivity contribution in [3.05, 3.63) is 119 Å². The minimum absolute atomic E-state index is 0.00594. The smallest absolute Gasteiger partial charge is 0.178 e. The SMILES string of the molecule is CCOCCOCCOCCOCCC(=O)CCCOCCOCCOCCCS(=O)(=O)c1ccc(O[C@H]2c3ccccc3C[C@@H]2N2CCCCC2)cc1.COCCC(=O)CCCOCCOCCOCCCS(=O)(=O)c1ccc(O[C@H]2c3ccccc3C[C@@H]2N2CCCCC2)cc1. The number of likely N-dealkylation sites (tertiary alicyclic amines) is 2. The second-order valence-electron chi connectivity index (χ2n) is 25.0. The van der Waals surface area contributed by atoms with Crippen LogP contribution in [0.2, 0.25) is 0 Å². The van der Waals surface area contributed by atoms with Crippen LogP contribution in [0.1, 0.15) is 131 Å². The summed E-state index contributed by atoms with van der Waals surface area (Å²) in [5.41, 5.74) is 5.14. The molecule has 4 atom stereocenters. The number of benzene rings is 4. The summed E-state index contributed by atoms with van der Waals surface area (Å²) in [5.74, 6) is 1.73. The van der Waals surface area contributed by atoms with E-state index in [0.29, 0.717) is 223 Å². The molecule has 0 saturated carbocycles. The first-order valence-electron chi connectivity index (χ1n) is 35.9. The molecular formula is C75H112N2O19S2. The highest BCUT2D eigenvalue weighted by Gasteiger charge is 2.40. The molecule has 2 heterocycles. The van der Waals surface area contributed by atoms with Gasteiger partial charge < -0.3 is 61.6 Å². The highest BCUT2D eigenvalue weighted by atomic mass is 32.2. The lowest BCUT2D eigenvalue weighted by molar-refractivity contribution is -0.121. The van der Waals surface area contributed by atoms with E-state index in [9.17, 15) is 26.4 Å². The second-order valence-corrected chi connectivity index (χ2v) is 29.2. The van der Waals surface area contributed by atoms with E-state index in [2.05, 4.69) is 58.3 Å². The van der Waals surface area contributed by atoms with E-state index in [1.165, 1.54) is 60.8 Å². The van der Waals surface area contributed by atoms with E-state index < -0.39 is 19.7 Å². The molecule has 0 N–H and O–H groups in total. The van der Waals surface area contributed by atoms with Gasteiger partial charge in [-0.15, -0.1) is 0 Å². The lowest BCUT2D eigenvalue weighted by Gasteiger charge is -2.35. The molecule has 21 nitrogen and oxygen atoms in total. The van der Waals surface area contributed by atoms with Crippen LogP contribution in [-0.2, 0) is 94.2 Å². The van der Waals surface area contributed by atoms with Gasteiger partial charge in [0.1, 0.15) is 35.3 Å². The summed E-state index contributed by atoms with van der Waals surface area (Å²) in [7, 11) is -5.28. The van der Waals surface area contributed by atoms with Crippen LogP contribution in [0.25, 0.3) is 0 Å². The third kappa shape index (κ3) is 30.0. The third-order valence-corrected chi connectivity index (χ3v) is 21.3. The van der Waals surface area contributed by atoms with Crippen LogP contribution in [0.4, 0.5) is 0 Å². The number of piperidine rings is 2. The largest absolute Gasteiger partial charge is 0.484 e. The lowest BCUT2D eigenvalue weighted by Crippen LogP contribution is -2.43. The van der Waals surface area contributed by atoms with Gasteiger partial charge in [-0.05, 0) is 168 Å². The summed E-state index contributed by atoms with van der Waals surface area (Å²) < 4.78 is 124. The molecule has 2 aliphatic carbocycles. The minimum atomic E-state index is -3.44. The van der Waals surface area contributed by atoms with Crippen LogP contribution in [0.3, 0.4) is 0 Å². The number of Topliss-reactive ketones (excluding diaryl/α,β-unsaturated/α-hetero) is 2. The lowest BCUT2D eigenvalue weighted by atomic mass is 10.0. The zero-order valence-electron chi connectivity index (χ0n) is 58.4. The summed E-state index contributed by atoms with van der Waals surface area (Å²) in [6.07, 6.45) is 13.2. The predicted molar refractivity (Wildman–Crippen MR) is 375 cm³/mol. The number of methoxy groups -OCH3 is 1. The molecule has 0 amide bonds. The molecule has 4 aromatic rings. The fourth-order valence-electron chi connectivity index (χ4n) is 12.5. The van der Waals surface area contributed by atoms with Gasteiger partial charge in [0, 0.05) is 65.8 Å². The Bertz CT molecular complexity index is 3040. The average Bonchev–Trinajstić information content (AvgIpc) is 1.65. The first-order chi connectivity index (χ1) is 48.0. The van der Waals surface area contributed by atoms with E-state index in [-0.39, 0.29) is 35.3 Å². The molecule has 2 saturated heterocycles. The molecular weight excluding hydrogens is 1300 g/mol. The molecule has 0 bridgehead atoms. The molecule has 4 aliphatic rings. The van der Waals surface area contributed by atoms with Gasteiger partial charge in [-0.1, -0.05) is 61.4 Å². The van der Waals surface area contributed by atoms with E-state index in [1.54, 1.807) is 55.6 Å². The average molecular weight is 1410 g/mol. The monoisotopic (exact) mass is 1410 g/mol. The number of rotatable bonds is 52. The van der Waals surface area contributed by atoms with Crippen LogP contribution in [0.15, 0.2) is 107 Å². The fraction of sp³-hybridized carbons (Fsp3) is 0.653. The number of hydrogen-bond acceptors (Lipinski definition) is 21. The number of fused-ring (bicyclic) bond motifs is 2. The van der Waals surface area contributed by atoms with E-state index in [1.807, 2.05) is 6.92 Å². The fourth-order valence-corrected chi connectivity index (χ4v) is 15.0. The second kappa shape index (κ2) is 47.4. The molecule has 2 fully saturated rings. The van der Waals surface area contributed by atoms with Crippen molar-refractivity contribution in [2.45, 2.75) is 144 Å². The van der Waals surface area contributed by atoms with Gasteiger partial charge in [0.15, 0.2) is 19.7 Å². The first kappa shape index (κ1) is 80.5. The van der Waals surface area contributed by atoms with E-state index in [0.717, 1.165) is 39.0 Å². The highest BCUT2D eigenvalue weighted by molar-refractivity contribution is 7.91. The molecule has 23 heteroatoms. The molecule has 0 unspecified atom stereocenters. The Labute approximate surface area is 584 Å². The molecule has 8 rings (SSSR count). The van der Waals surface area contributed by atoms with Crippen LogP contribution >= 0.6 is 0 Å². The summed E-state index contributed by atoms with van der Waals surface area (Å²) in [6, 6.07) is 31.3. The highest BCUT2D eigenvalue weighted by Crippen LogP contribution is 2.41. The molecule has 0 radical (unpaired) electrons. The number of carbonyl (C=O) groups excluding carboxylic acids is 2. The molecule has 98 heavy (non-hydrogen) atoms. The van der Waals surface area contributed by atoms with Gasteiger partial charge in [0.05, 0.1) is 139 Å². The zero-order valence-corrected chi connectivity index (χ0v) is 60.1. The number of sulfone groups is 2. The molecule has 0 spiro atoms. The molecule has 0 aromatic heterocycles. The van der Waals surface area contributed by atoms with Gasteiger partial charge in [-0.25, -0.2) is 16.8 Å². The quantitative estimate of drug-likeness (QED) is 0.0374. The van der Waals surface area contributed by atoms with Gasteiger partial charge in [0.2, 0.25) is 0 Å². The number of carbonyl (C=O) groups is 2. The van der Waals surface area contributed by atoms with Crippen molar-refractivity contribution in [2.24, 2.45) is 0 Å². The maximum atomic E-state index is 13.0. The normalized spacial score (nSPS) is 18.1. The van der Waals surface area contributed by atoms with Crippen molar-refractivity contribution in [1.82, 2.24) is 9.80 Å². The standard InChI is InChI=1S/C41H63NO11S.C34H49NO8S/c1-2-46-23-24-50-31-32-52-30-27-49-22-17-36(43)11-8-20-47-25-28-51-29-26-48-21-9-33-54(44,45)38-15-13-37(14-16-38)53-41-39-12-5-4-10-35(39)34-40(41)42-18-6-3-7-19-42;1-39-21-16-29(36)10-7-19-40-22-24-42-25-23-41-20-8-26-44(37,38)31-14-12-30(13-15-31)43-34-32-11-4-3-9-28(32)27-33(34)35-17-5-2-6-18-35/h4-5,10,12-16,40-41H,2-3,6-9,11,17-34H2,1H3;3-4,9,11-15,33-34H,2,5-8,10,16-27H2,1H3/t40-,41-;33-,34-/m00/s1. The minimum Gasteiger partial charge on any atom is -0.484 e. The summed E-state index contributed by atoms with van der Waals surface area (Å²) >= 11 is 0. The van der Waals surface area contributed by atoms with E-state index in [4.69, 9.17) is 61.6 Å². The zero-order chi connectivity index (χ0) is 69.1.